The lowest BCUT2D eigenvalue weighted by Gasteiger charge is -2.14. The first-order chi connectivity index (χ1) is 11.6. The normalized spacial score (nSPS) is 18.8. The van der Waals surface area contributed by atoms with Crippen molar-refractivity contribution in [2.75, 3.05) is 0 Å². The monoisotopic (exact) mass is 314 g/mol. The van der Waals surface area contributed by atoms with E-state index in [-0.39, 0.29) is 0 Å². The van der Waals surface area contributed by atoms with Crippen molar-refractivity contribution in [1.82, 2.24) is 4.98 Å². The molecule has 2 heterocycles. The molecule has 4 rings (SSSR count). The van der Waals surface area contributed by atoms with Gasteiger partial charge in [0.15, 0.2) is 0 Å². The second-order valence-corrected chi connectivity index (χ2v) is 7.03. The third kappa shape index (κ3) is 2.62. The average Bonchev–Trinajstić information content (AvgIpc) is 3.22. The van der Waals surface area contributed by atoms with E-state index in [1.807, 2.05) is 19.3 Å². The molecule has 24 heavy (non-hydrogen) atoms. The van der Waals surface area contributed by atoms with Crippen LogP contribution in [0.4, 0.5) is 0 Å². The lowest BCUT2D eigenvalue weighted by atomic mass is 9.92. The molecule has 2 aromatic rings. The molecule has 2 aliphatic rings. The Labute approximate surface area is 143 Å². The Morgan fingerprint density at radius 1 is 1.08 bits per heavy atom. The van der Waals surface area contributed by atoms with E-state index in [1.165, 1.54) is 33.4 Å². The summed E-state index contributed by atoms with van der Waals surface area (Å²) in [5.41, 5.74) is 8.83. The Balaban J connectivity index is 1.61. The van der Waals surface area contributed by atoms with Gasteiger partial charge in [-0.3, -0.25) is 9.98 Å². The van der Waals surface area contributed by atoms with E-state index in [0.29, 0.717) is 12.0 Å². The first-order valence-electron chi connectivity index (χ1n) is 8.63. The maximum Gasteiger partial charge on any atom is 0.0778 e. The van der Waals surface area contributed by atoms with Crippen molar-refractivity contribution in [3.05, 3.63) is 76.6 Å². The first kappa shape index (κ1) is 15.1. The van der Waals surface area contributed by atoms with E-state index in [0.717, 1.165) is 12.1 Å². The van der Waals surface area contributed by atoms with Crippen LogP contribution in [-0.4, -0.2) is 11.2 Å². The lowest BCUT2D eigenvalue weighted by molar-refractivity contribution is 0.525. The second-order valence-electron chi connectivity index (χ2n) is 7.03. The van der Waals surface area contributed by atoms with Gasteiger partial charge in [-0.15, -0.1) is 0 Å². The Bertz CT molecular complexity index is 867. The van der Waals surface area contributed by atoms with E-state index in [4.69, 9.17) is 0 Å². The minimum absolute atomic E-state index is 0.318. The largest absolute Gasteiger partial charge is 0.284 e. The highest BCUT2D eigenvalue weighted by Gasteiger charge is 2.22. The van der Waals surface area contributed by atoms with Crippen LogP contribution in [0.5, 0.6) is 0 Å². The summed E-state index contributed by atoms with van der Waals surface area (Å²) in [5, 5.41) is 0. The Hall–Kier alpha value is -2.48. The van der Waals surface area contributed by atoms with Crippen LogP contribution in [0, 0.1) is 12.8 Å². The van der Waals surface area contributed by atoms with Crippen LogP contribution in [0.3, 0.4) is 0 Å². The molecule has 0 amide bonds. The fourth-order valence-electron chi connectivity index (χ4n) is 3.49. The molecular formula is C22H22N2. The minimum atomic E-state index is 0.318. The quantitative estimate of drug-likeness (QED) is 0.745. The van der Waals surface area contributed by atoms with Crippen LogP contribution < -0.4 is 0 Å². The Kier molecular flexibility index (Phi) is 3.68. The second kappa shape index (κ2) is 5.86. The average molecular weight is 314 g/mol. The molecule has 0 bridgehead atoms. The summed E-state index contributed by atoms with van der Waals surface area (Å²) in [6, 6.07) is 11.3. The summed E-state index contributed by atoms with van der Waals surface area (Å²) < 4.78 is 0. The molecule has 0 fully saturated rings. The van der Waals surface area contributed by atoms with Crippen LogP contribution in [0.2, 0.25) is 0 Å². The molecule has 2 heteroatoms. The zero-order valence-electron chi connectivity index (χ0n) is 14.5. The number of hydrogen-bond acceptors (Lipinski definition) is 2. The van der Waals surface area contributed by atoms with Crippen LogP contribution in [0.15, 0.2) is 53.7 Å². The van der Waals surface area contributed by atoms with Crippen LogP contribution in [-0.2, 0) is 0 Å². The van der Waals surface area contributed by atoms with Gasteiger partial charge in [-0.1, -0.05) is 44.2 Å². The van der Waals surface area contributed by atoms with Gasteiger partial charge in [0.1, 0.15) is 0 Å². The zero-order chi connectivity index (χ0) is 16.7. The van der Waals surface area contributed by atoms with Crippen molar-refractivity contribution < 1.29 is 0 Å². The number of fused-ring (bicyclic) bond motifs is 1. The molecule has 1 aliphatic heterocycles. The van der Waals surface area contributed by atoms with Gasteiger partial charge in [-0.25, -0.2) is 0 Å². The summed E-state index contributed by atoms with van der Waals surface area (Å²) >= 11 is 0. The van der Waals surface area contributed by atoms with Crippen LogP contribution in [0.25, 0.3) is 11.1 Å². The third-order valence-corrected chi connectivity index (χ3v) is 4.90. The summed E-state index contributed by atoms with van der Waals surface area (Å²) in [7, 11) is 0. The number of hydrogen-bond donors (Lipinski definition) is 0. The van der Waals surface area contributed by atoms with Gasteiger partial charge >= 0.3 is 0 Å². The lowest BCUT2D eigenvalue weighted by Crippen LogP contribution is -2.01. The van der Waals surface area contributed by atoms with Crippen molar-refractivity contribution in [1.29, 1.82) is 0 Å². The number of aliphatic imine (C=N–C) groups is 1. The molecule has 0 saturated carbocycles. The predicted octanol–water partition coefficient (Wildman–Crippen LogP) is 5.39. The predicted molar refractivity (Wildman–Crippen MR) is 101 cm³/mol. The molecule has 0 N–H and O–H groups in total. The summed E-state index contributed by atoms with van der Waals surface area (Å²) in [4.78, 5) is 9.08. The number of aromatic nitrogens is 1. The molecule has 1 aromatic heterocycles. The van der Waals surface area contributed by atoms with Gasteiger partial charge in [0.05, 0.1) is 6.04 Å². The molecule has 120 valence electrons. The summed E-state index contributed by atoms with van der Waals surface area (Å²) in [5.74, 6) is 0.543. The van der Waals surface area contributed by atoms with Gasteiger partial charge in [-0.2, -0.15) is 0 Å². The van der Waals surface area contributed by atoms with Crippen molar-refractivity contribution in [2.24, 2.45) is 10.9 Å². The highest BCUT2D eigenvalue weighted by Crippen LogP contribution is 2.37. The number of pyridine rings is 1. The molecule has 1 aliphatic carbocycles. The van der Waals surface area contributed by atoms with Gasteiger partial charge in [-0.05, 0) is 64.8 Å². The molecule has 0 spiro atoms. The van der Waals surface area contributed by atoms with Crippen LogP contribution in [0.1, 0.15) is 54.3 Å². The van der Waals surface area contributed by atoms with E-state index < -0.39 is 0 Å². The van der Waals surface area contributed by atoms with E-state index in [9.17, 15) is 0 Å². The third-order valence-electron chi connectivity index (χ3n) is 4.90. The number of benzene rings is 1. The Morgan fingerprint density at radius 2 is 1.92 bits per heavy atom. The van der Waals surface area contributed by atoms with E-state index in [1.54, 1.807) is 0 Å². The van der Waals surface area contributed by atoms with Gasteiger partial charge in [0.25, 0.3) is 0 Å². The maximum absolute atomic E-state index is 4.68. The van der Waals surface area contributed by atoms with Gasteiger partial charge in [0.2, 0.25) is 0 Å². The smallest absolute Gasteiger partial charge is 0.0778 e. The van der Waals surface area contributed by atoms with Gasteiger partial charge < -0.3 is 0 Å². The number of allylic oxidation sites excluding steroid dienone is 4. The molecular weight excluding hydrogens is 292 g/mol. The molecule has 1 atom stereocenters. The van der Waals surface area contributed by atoms with Crippen molar-refractivity contribution in [3.63, 3.8) is 0 Å². The van der Waals surface area contributed by atoms with Crippen molar-refractivity contribution in [3.8, 4) is 0 Å². The fraction of sp³-hybridized carbons (Fsp3) is 0.273. The highest BCUT2D eigenvalue weighted by atomic mass is 14.8. The zero-order valence-corrected chi connectivity index (χ0v) is 14.5. The standard InChI is InChI=1S/C22H22N2/c1-14(2)22-21-9-8-17(11-20(21)13-24-22)16-6-7-18(10-16)19-5-4-15(3)23-12-19/h4-5,7-14,22H,6H2,1-3H3. The maximum atomic E-state index is 4.68. The van der Waals surface area contributed by atoms with Crippen LogP contribution >= 0.6 is 0 Å². The molecule has 1 unspecified atom stereocenters. The molecule has 1 aromatic carbocycles. The molecule has 0 saturated heterocycles. The number of rotatable bonds is 3. The number of aryl methyl sites for hydroxylation is 1. The molecule has 2 nitrogen and oxygen atoms in total. The molecule has 0 radical (unpaired) electrons. The fourth-order valence-corrected chi connectivity index (χ4v) is 3.49. The highest BCUT2D eigenvalue weighted by molar-refractivity contribution is 5.92. The number of nitrogens with zero attached hydrogens (tertiary/aromatic N) is 2. The Morgan fingerprint density at radius 3 is 2.67 bits per heavy atom. The van der Waals surface area contributed by atoms with Gasteiger partial charge in [0, 0.05) is 18.1 Å². The SMILES string of the molecule is Cc1ccc(C2=CCC(c3ccc4c(c3)C=NC4C(C)C)=C2)cn1. The van der Waals surface area contributed by atoms with Crippen molar-refractivity contribution in [2.45, 2.75) is 33.2 Å². The van der Waals surface area contributed by atoms with E-state index in [2.05, 4.69) is 66.3 Å². The minimum Gasteiger partial charge on any atom is -0.284 e. The summed E-state index contributed by atoms with van der Waals surface area (Å²) in [6.45, 7) is 6.48. The first-order valence-corrected chi connectivity index (χ1v) is 8.63. The van der Waals surface area contributed by atoms with E-state index >= 15 is 0 Å². The van der Waals surface area contributed by atoms with Crippen molar-refractivity contribution >= 4 is 17.4 Å². The topological polar surface area (TPSA) is 25.2 Å². The summed E-state index contributed by atoms with van der Waals surface area (Å²) in [6.07, 6.45) is 9.56.